The molecule has 0 aromatic heterocycles. The molecule has 2 aromatic rings. The predicted octanol–water partition coefficient (Wildman–Crippen LogP) is 3.94. The number of fused-ring (bicyclic) bond motifs is 1. The number of aliphatic hydroxyl groups excluding tert-OH is 1. The first kappa shape index (κ1) is 29.7. The summed E-state index contributed by atoms with van der Waals surface area (Å²) in [6.45, 7) is 4.23. The van der Waals surface area contributed by atoms with Gasteiger partial charge in [0.1, 0.15) is 5.75 Å². The highest BCUT2D eigenvalue weighted by Crippen LogP contribution is 2.31. The third-order valence-corrected chi connectivity index (χ3v) is 8.43. The number of phenolic OH excluding ortho intramolecular Hbond substituents is 1. The van der Waals surface area contributed by atoms with Crippen LogP contribution in [0.25, 0.3) is 0 Å². The van der Waals surface area contributed by atoms with Gasteiger partial charge in [-0.25, -0.2) is 8.42 Å². The lowest BCUT2D eigenvalue weighted by Crippen LogP contribution is -2.50. The maximum absolute atomic E-state index is 13.5. The van der Waals surface area contributed by atoms with Crippen LogP contribution < -0.4 is 14.8 Å². The van der Waals surface area contributed by atoms with Crippen LogP contribution in [0.4, 0.5) is 0 Å². The van der Waals surface area contributed by atoms with Crippen molar-refractivity contribution < 1.29 is 32.9 Å². The molecule has 1 aliphatic rings. The van der Waals surface area contributed by atoms with Gasteiger partial charge < -0.3 is 25.0 Å². The SMILES string of the molecule is COc1ccc(S(=O)(=O)N(CC(C)C)C[C@@H](O)[C@@H]2CCCCCCCOc3c(O)cccc3C(=O)N2)cc1. The first-order chi connectivity index (χ1) is 18.1. The van der Waals surface area contributed by atoms with Gasteiger partial charge in [-0.2, -0.15) is 4.31 Å². The summed E-state index contributed by atoms with van der Waals surface area (Å²) in [5.41, 5.74) is 0.173. The number of ether oxygens (including phenoxy) is 2. The van der Waals surface area contributed by atoms with Gasteiger partial charge in [-0.05, 0) is 55.2 Å². The van der Waals surface area contributed by atoms with E-state index in [2.05, 4.69) is 5.32 Å². The van der Waals surface area contributed by atoms with E-state index in [0.29, 0.717) is 18.8 Å². The van der Waals surface area contributed by atoms with Gasteiger partial charge in [-0.1, -0.05) is 45.6 Å². The van der Waals surface area contributed by atoms with E-state index in [1.807, 2.05) is 13.8 Å². The van der Waals surface area contributed by atoms with Crippen molar-refractivity contribution in [2.45, 2.75) is 69.4 Å². The number of amides is 1. The number of methoxy groups -OCH3 is 1. The molecule has 3 N–H and O–H groups in total. The fourth-order valence-corrected chi connectivity index (χ4v) is 6.17. The number of aromatic hydroxyl groups is 1. The molecule has 0 unspecified atom stereocenters. The number of para-hydroxylation sites is 1. The average Bonchev–Trinajstić information content (AvgIpc) is 2.90. The van der Waals surface area contributed by atoms with E-state index in [1.54, 1.807) is 24.3 Å². The number of rotatable bonds is 8. The molecule has 1 heterocycles. The Balaban J connectivity index is 1.86. The Morgan fingerprint density at radius 1 is 1.05 bits per heavy atom. The van der Waals surface area contributed by atoms with E-state index in [4.69, 9.17) is 9.47 Å². The summed E-state index contributed by atoms with van der Waals surface area (Å²) in [6, 6.07) is 10.0. The Labute approximate surface area is 225 Å². The van der Waals surface area contributed by atoms with E-state index < -0.39 is 28.1 Å². The smallest absolute Gasteiger partial charge is 0.255 e. The van der Waals surface area contributed by atoms with Crippen molar-refractivity contribution in [2.75, 3.05) is 26.8 Å². The average molecular weight is 549 g/mol. The third-order valence-electron chi connectivity index (χ3n) is 6.58. The number of phenols is 1. The highest BCUT2D eigenvalue weighted by molar-refractivity contribution is 7.89. The van der Waals surface area contributed by atoms with Gasteiger partial charge in [0, 0.05) is 13.1 Å². The van der Waals surface area contributed by atoms with Crippen LogP contribution in [-0.4, -0.2) is 67.8 Å². The number of carbonyl (C=O) groups excluding carboxylic acids is 1. The molecule has 38 heavy (non-hydrogen) atoms. The Kier molecular flexibility index (Phi) is 10.8. The van der Waals surface area contributed by atoms with Crippen molar-refractivity contribution in [3.63, 3.8) is 0 Å². The zero-order valence-corrected chi connectivity index (χ0v) is 23.2. The lowest BCUT2D eigenvalue weighted by molar-refractivity contribution is 0.0752. The van der Waals surface area contributed by atoms with Crippen molar-refractivity contribution in [2.24, 2.45) is 5.92 Å². The highest BCUT2D eigenvalue weighted by atomic mass is 32.2. The summed E-state index contributed by atoms with van der Waals surface area (Å²) < 4.78 is 39.2. The second kappa shape index (κ2) is 13.8. The van der Waals surface area contributed by atoms with Crippen molar-refractivity contribution >= 4 is 15.9 Å². The van der Waals surface area contributed by atoms with Crippen LogP contribution >= 0.6 is 0 Å². The quantitative estimate of drug-likeness (QED) is 0.456. The van der Waals surface area contributed by atoms with Crippen LogP contribution in [-0.2, 0) is 10.0 Å². The van der Waals surface area contributed by atoms with Crippen molar-refractivity contribution in [3.8, 4) is 17.2 Å². The van der Waals surface area contributed by atoms with Gasteiger partial charge in [0.2, 0.25) is 10.0 Å². The third kappa shape index (κ3) is 7.85. The molecule has 1 aliphatic heterocycles. The number of aliphatic hydroxyl groups is 1. The zero-order valence-electron chi connectivity index (χ0n) is 22.4. The predicted molar refractivity (Wildman–Crippen MR) is 145 cm³/mol. The molecular weight excluding hydrogens is 508 g/mol. The summed E-state index contributed by atoms with van der Waals surface area (Å²) in [4.78, 5) is 13.4. The zero-order chi connectivity index (χ0) is 27.7. The summed E-state index contributed by atoms with van der Waals surface area (Å²) in [5.74, 6) is 0.0465. The van der Waals surface area contributed by atoms with Crippen LogP contribution in [0.3, 0.4) is 0 Å². The first-order valence-corrected chi connectivity index (χ1v) is 14.7. The van der Waals surface area contributed by atoms with Crippen LogP contribution in [0.1, 0.15) is 62.7 Å². The lowest BCUT2D eigenvalue weighted by Gasteiger charge is -2.31. The van der Waals surface area contributed by atoms with E-state index >= 15 is 0 Å². The Bertz CT molecular complexity index is 1150. The van der Waals surface area contributed by atoms with E-state index in [0.717, 1.165) is 32.1 Å². The molecule has 10 heteroatoms. The number of carbonyl (C=O) groups is 1. The molecule has 2 atom stereocenters. The molecular formula is C28H40N2O7S. The maximum Gasteiger partial charge on any atom is 0.255 e. The lowest BCUT2D eigenvalue weighted by atomic mass is 10.0. The van der Waals surface area contributed by atoms with Gasteiger partial charge >= 0.3 is 0 Å². The number of hydrogen-bond donors (Lipinski definition) is 3. The number of sulfonamides is 1. The molecule has 0 saturated carbocycles. The van der Waals surface area contributed by atoms with Gasteiger partial charge in [0.05, 0.1) is 36.3 Å². The second-order valence-electron chi connectivity index (χ2n) is 10.1. The Morgan fingerprint density at radius 3 is 2.42 bits per heavy atom. The molecule has 0 saturated heterocycles. The number of nitrogens with one attached hydrogen (secondary N) is 1. The minimum atomic E-state index is -3.92. The molecule has 9 nitrogen and oxygen atoms in total. The highest BCUT2D eigenvalue weighted by Gasteiger charge is 2.32. The first-order valence-electron chi connectivity index (χ1n) is 13.2. The summed E-state index contributed by atoms with van der Waals surface area (Å²) in [6.07, 6.45) is 3.73. The second-order valence-corrected chi connectivity index (χ2v) is 12.0. The molecule has 1 amide bonds. The van der Waals surface area contributed by atoms with Crippen molar-refractivity contribution in [1.29, 1.82) is 0 Å². The number of nitrogens with zero attached hydrogens (tertiary/aromatic N) is 1. The summed E-state index contributed by atoms with van der Waals surface area (Å²) >= 11 is 0. The molecule has 0 fully saturated rings. The number of benzene rings is 2. The fourth-order valence-electron chi connectivity index (χ4n) is 4.54. The minimum Gasteiger partial charge on any atom is -0.504 e. The van der Waals surface area contributed by atoms with E-state index in [1.165, 1.54) is 29.6 Å². The summed E-state index contributed by atoms with van der Waals surface area (Å²) in [5, 5.41) is 24.5. The Hall–Kier alpha value is -2.82. The van der Waals surface area contributed by atoms with Crippen LogP contribution in [0.5, 0.6) is 17.2 Å². The molecule has 0 aliphatic carbocycles. The topological polar surface area (TPSA) is 125 Å². The van der Waals surface area contributed by atoms with Crippen LogP contribution in [0.15, 0.2) is 47.4 Å². The van der Waals surface area contributed by atoms with E-state index in [-0.39, 0.29) is 41.0 Å². The monoisotopic (exact) mass is 548 g/mol. The van der Waals surface area contributed by atoms with Gasteiger partial charge in [-0.15, -0.1) is 0 Å². The molecule has 3 rings (SSSR count). The maximum atomic E-state index is 13.5. The Morgan fingerprint density at radius 2 is 1.74 bits per heavy atom. The van der Waals surface area contributed by atoms with Gasteiger partial charge in [0.25, 0.3) is 5.91 Å². The molecule has 210 valence electrons. The minimum absolute atomic E-state index is 0.0110. The molecule has 0 spiro atoms. The molecule has 0 bridgehead atoms. The van der Waals surface area contributed by atoms with E-state index in [9.17, 15) is 23.4 Å². The van der Waals surface area contributed by atoms with Crippen molar-refractivity contribution in [3.05, 3.63) is 48.0 Å². The summed E-state index contributed by atoms with van der Waals surface area (Å²) in [7, 11) is -2.41. The van der Waals surface area contributed by atoms with Gasteiger partial charge in [-0.3, -0.25) is 4.79 Å². The standard InChI is InChI=1S/C28H40N2O7S/c1-20(2)18-30(38(34,35)22-15-13-21(36-3)14-16-22)19-26(32)24-11-7-5-4-6-8-17-37-27-23(28(33)29-24)10-9-12-25(27)31/h9-10,12-16,20,24,26,31-32H,4-8,11,17-19H2,1-3H3,(H,29,33)/t24-,26+/m0/s1. The fraction of sp³-hybridized carbons (Fsp3) is 0.536. The normalized spacial score (nSPS) is 18.4. The molecule has 0 radical (unpaired) electrons. The largest absolute Gasteiger partial charge is 0.504 e. The van der Waals surface area contributed by atoms with Gasteiger partial charge in [0.15, 0.2) is 11.5 Å². The molecule has 2 aromatic carbocycles. The van der Waals surface area contributed by atoms with Crippen LogP contribution in [0.2, 0.25) is 0 Å². The van der Waals surface area contributed by atoms with Crippen molar-refractivity contribution in [1.82, 2.24) is 9.62 Å². The van der Waals surface area contributed by atoms with Crippen LogP contribution in [0, 0.1) is 5.92 Å². The number of hydrogen-bond acceptors (Lipinski definition) is 7.